The molecule has 0 amide bonds. The van der Waals surface area contributed by atoms with Crippen LogP contribution in [0.15, 0.2) is 48.5 Å². The van der Waals surface area contributed by atoms with Crippen LogP contribution in [0.2, 0.25) is 0 Å². The summed E-state index contributed by atoms with van der Waals surface area (Å²) in [4.78, 5) is 13.2. The number of carbonyl (C=O) groups is 1. The third kappa shape index (κ3) is 2.68. The second kappa shape index (κ2) is 5.44. The number of carboxylic acids is 1. The Bertz CT molecular complexity index is 582. The van der Waals surface area contributed by atoms with Crippen molar-refractivity contribution in [2.45, 2.75) is 6.92 Å². The minimum Gasteiger partial charge on any atom is -0.478 e. The maximum atomic E-state index is 11.3. The first-order chi connectivity index (χ1) is 9.13. The minimum atomic E-state index is -0.954. The van der Waals surface area contributed by atoms with Gasteiger partial charge in [0.1, 0.15) is 0 Å². The highest BCUT2D eigenvalue weighted by Gasteiger charge is 2.16. The van der Waals surface area contributed by atoms with Crippen LogP contribution in [0.25, 0.3) is 0 Å². The monoisotopic (exact) mass is 256 g/mol. The number of hydrogen-bond donors (Lipinski definition) is 2. The molecular formula is C15H16N2O2. The molecule has 0 aliphatic rings. The maximum absolute atomic E-state index is 11.3. The zero-order valence-corrected chi connectivity index (χ0v) is 10.7. The smallest absolute Gasteiger partial charge is 0.337 e. The Hall–Kier alpha value is -2.49. The largest absolute Gasteiger partial charge is 0.478 e. The molecule has 0 fully saturated rings. The molecule has 2 aromatic carbocycles. The van der Waals surface area contributed by atoms with Crippen molar-refractivity contribution in [1.82, 2.24) is 0 Å². The third-order valence-corrected chi connectivity index (χ3v) is 2.93. The molecule has 2 rings (SSSR count). The van der Waals surface area contributed by atoms with Crippen LogP contribution in [0.3, 0.4) is 0 Å². The summed E-state index contributed by atoms with van der Waals surface area (Å²) < 4.78 is 0. The van der Waals surface area contributed by atoms with Crippen molar-refractivity contribution in [2.75, 3.05) is 17.2 Å². The average Bonchev–Trinajstić information content (AvgIpc) is 2.40. The fourth-order valence-corrected chi connectivity index (χ4v) is 2.05. The minimum absolute atomic E-state index is 0.250. The van der Waals surface area contributed by atoms with Crippen LogP contribution < -0.4 is 10.6 Å². The van der Waals surface area contributed by atoms with Crippen molar-refractivity contribution >= 4 is 23.0 Å². The molecule has 4 nitrogen and oxygen atoms in total. The number of para-hydroxylation sites is 1. The lowest BCUT2D eigenvalue weighted by Crippen LogP contribution is -2.19. The van der Waals surface area contributed by atoms with Crippen LogP contribution in [-0.4, -0.2) is 17.6 Å². The van der Waals surface area contributed by atoms with Gasteiger partial charge in [0.25, 0.3) is 0 Å². The summed E-state index contributed by atoms with van der Waals surface area (Å²) >= 11 is 0. The first kappa shape index (κ1) is 13.0. The molecule has 0 aliphatic carbocycles. The molecular weight excluding hydrogens is 240 g/mol. The van der Waals surface area contributed by atoms with E-state index in [1.54, 1.807) is 18.2 Å². The summed E-state index contributed by atoms with van der Waals surface area (Å²) in [7, 11) is 0. The number of hydrogen-bond acceptors (Lipinski definition) is 3. The zero-order valence-electron chi connectivity index (χ0n) is 10.7. The summed E-state index contributed by atoms with van der Waals surface area (Å²) in [6.07, 6.45) is 0. The zero-order chi connectivity index (χ0) is 13.8. The quantitative estimate of drug-likeness (QED) is 0.825. The molecule has 0 spiro atoms. The van der Waals surface area contributed by atoms with E-state index in [2.05, 4.69) is 0 Å². The van der Waals surface area contributed by atoms with Crippen molar-refractivity contribution < 1.29 is 9.90 Å². The van der Waals surface area contributed by atoms with Crippen molar-refractivity contribution in [2.24, 2.45) is 0 Å². The van der Waals surface area contributed by atoms with Gasteiger partial charge in [-0.15, -0.1) is 0 Å². The molecule has 3 N–H and O–H groups in total. The molecule has 0 saturated carbocycles. The molecule has 19 heavy (non-hydrogen) atoms. The second-order valence-corrected chi connectivity index (χ2v) is 4.16. The van der Waals surface area contributed by atoms with Gasteiger partial charge in [-0.2, -0.15) is 0 Å². The Balaban J connectivity index is 2.55. The Labute approximate surface area is 112 Å². The number of nitrogens with two attached hydrogens (primary N) is 1. The highest BCUT2D eigenvalue weighted by atomic mass is 16.4. The van der Waals surface area contributed by atoms with Crippen molar-refractivity contribution in [3.05, 3.63) is 54.1 Å². The lowest BCUT2D eigenvalue weighted by Gasteiger charge is -2.25. The van der Waals surface area contributed by atoms with E-state index in [0.29, 0.717) is 17.9 Å². The van der Waals surface area contributed by atoms with Crippen LogP contribution in [0.1, 0.15) is 17.3 Å². The fraction of sp³-hybridized carbons (Fsp3) is 0.133. The summed E-state index contributed by atoms with van der Waals surface area (Å²) in [6, 6.07) is 14.5. The number of nitrogen functional groups attached to an aromatic ring is 1. The van der Waals surface area contributed by atoms with E-state index in [-0.39, 0.29) is 5.56 Å². The molecule has 0 radical (unpaired) electrons. The molecule has 0 aliphatic heterocycles. The average molecular weight is 256 g/mol. The van der Waals surface area contributed by atoms with Crippen LogP contribution >= 0.6 is 0 Å². The SMILES string of the molecule is CCN(c1ccccc1)c1cc(N)ccc1C(=O)O. The summed E-state index contributed by atoms with van der Waals surface area (Å²) in [5.41, 5.74) is 8.13. The van der Waals surface area contributed by atoms with Crippen LogP contribution in [0, 0.1) is 0 Å². The predicted molar refractivity (Wildman–Crippen MR) is 76.9 cm³/mol. The standard InChI is InChI=1S/C15H16N2O2/c1-2-17(12-6-4-3-5-7-12)14-10-11(16)8-9-13(14)15(18)19/h3-10H,2,16H2,1H3,(H,18,19). The van der Waals surface area contributed by atoms with Crippen molar-refractivity contribution in [3.8, 4) is 0 Å². The third-order valence-electron chi connectivity index (χ3n) is 2.93. The maximum Gasteiger partial charge on any atom is 0.337 e. The van der Waals surface area contributed by atoms with Gasteiger partial charge in [-0.3, -0.25) is 0 Å². The van der Waals surface area contributed by atoms with E-state index in [4.69, 9.17) is 5.73 Å². The molecule has 0 heterocycles. The second-order valence-electron chi connectivity index (χ2n) is 4.16. The summed E-state index contributed by atoms with van der Waals surface area (Å²) in [5, 5.41) is 9.28. The Kier molecular flexibility index (Phi) is 3.71. The molecule has 0 aromatic heterocycles. The Morgan fingerprint density at radius 3 is 2.47 bits per heavy atom. The van der Waals surface area contributed by atoms with Gasteiger partial charge in [-0.1, -0.05) is 18.2 Å². The van der Waals surface area contributed by atoms with E-state index < -0.39 is 5.97 Å². The number of anilines is 3. The lowest BCUT2D eigenvalue weighted by molar-refractivity contribution is 0.0697. The molecule has 0 saturated heterocycles. The van der Waals surface area contributed by atoms with Crippen LogP contribution in [0.4, 0.5) is 17.1 Å². The lowest BCUT2D eigenvalue weighted by atomic mass is 10.1. The van der Waals surface area contributed by atoms with Gasteiger partial charge in [-0.25, -0.2) is 4.79 Å². The van der Waals surface area contributed by atoms with E-state index in [9.17, 15) is 9.90 Å². The highest BCUT2D eigenvalue weighted by molar-refractivity contribution is 5.96. The molecule has 0 unspecified atom stereocenters. The van der Waals surface area contributed by atoms with Crippen molar-refractivity contribution in [1.29, 1.82) is 0 Å². The van der Waals surface area contributed by atoms with Crippen LogP contribution in [-0.2, 0) is 0 Å². The van der Waals surface area contributed by atoms with Gasteiger partial charge >= 0.3 is 5.97 Å². The van der Waals surface area contributed by atoms with E-state index in [0.717, 1.165) is 5.69 Å². The number of nitrogens with zero attached hydrogens (tertiary/aromatic N) is 1. The van der Waals surface area contributed by atoms with Gasteiger partial charge in [0.2, 0.25) is 0 Å². The number of rotatable bonds is 4. The molecule has 2 aromatic rings. The van der Waals surface area contributed by atoms with Gasteiger partial charge < -0.3 is 15.7 Å². The topological polar surface area (TPSA) is 66.6 Å². The molecule has 0 bridgehead atoms. The van der Waals surface area contributed by atoms with E-state index >= 15 is 0 Å². The Morgan fingerprint density at radius 1 is 1.21 bits per heavy atom. The highest BCUT2D eigenvalue weighted by Crippen LogP contribution is 2.30. The number of benzene rings is 2. The summed E-state index contributed by atoms with van der Waals surface area (Å²) in [5.74, 6) is -0.954. The van der Waals surface area contributed by atoms with Crippen LogP contribution in [0.5, 0.6) is 0 Å². The fourth-order valence-electron chi connectivity index (χ4n) is 2.05. The first-order valence-electron chi connectivity index (χ1n) is 6.09. The van der Waals surface area contributed by atoms with Crippen molar-refractivity contribution in [3.63, 3.8) is 0 Å². The first-order valence-corrected chi connectivity index (χ1v) is 6.09. The van der Waals surface area contributed by atoms with Gasteiger partial charge in [0.05, 0.1) is 11.3 Å². The summed E-state index contributed by atoms with van der Waals surface area (Å²) in [6.45, 7) is 2.63. The van der Waals surface area contributed by atoms with Gasteiger partial charge in [0.15, 0.2) is 0 Å². The molecule has 0 atom stereocenters. The van der Waals surface area contributed by atoms with E-state index in [1.165, 1.54) is 0 Å². The molecule has 98 valence electrons. The predicted octanol–water partition coefficient (Wildman–Crippen LogP) is 3.12. The normalized spacial score (nSPS) is 10.2. The number of carboxylic acid groups (broad SMARTS) is 1. The molecule has 4 heteroatoms. The number of aromatic carboxylic acids is 1. The van der Waals surface area contributed by atoms with Gasteiger partial charge in [0, 0.05) is 17.9 Å². The van der Waals surface area contributed by atoms with Gasteiger partial charge in [-0.05, 0) is 37.3 Å². The Morgan fingerprint density at radius 2 is 1.89 bits per heavy atom. The van der Waals surface area contributed by atoms with E-state index in [1.807, 2.05) is 42.2 Å².